The van der Waals surface area contributed by atoms with Gasteiger partial charge in [-0.15, -0.1) is 0 Å². The third-order valence-electron chi connectivity index (χ3n) is 3.32. The van der Waals surface area contributed by atoms with Gasteiger partial charge in [-0.3, -0.25) is 0 Å². The Hall–Kier alpha value is -0.120. The standard InChI is InChI=1S/C11H21NO2/c1-12(7-9-5-10(13)6-9)8-11-3-2-4-14-11/h9-11,13H,2-8H2,1H3. The first-order chi connectivity index (χ1) is 6.74. The van der Waals surface area contributed by atoms with Crippen molar-refractivity contribution in [3.63, 3.8) is 0 Å². The lowest BCUT2D eigenvalue weighted by molar-refractivity contribution is 0.0176. The predicted octanol–water partition coefficient (Wildman–Crippen LogP) is 0.868. The minimum Gasteiger partial charge on any atom is -0.393 e. The lowest BCUT2D eigenvalue weighted by Crippen LogP contribution is -2.39. The van der Waals surface area contributed by atoms with Gasteiger partial charge in [-0.25, -0.2) is 0 Å². The fourth-order valence-corrected chi connectivity index (χ4v) is 2.50. The molecule has 3 nitrogen and oxygen atoms in total. The molecule has 0 aromatic heterocycles. The van der Waals surface area contributed by atoms with E-state index in [2.05, 4.69) is 11.9 Å². The number of rotatable bonds is 4. The average molecular weight is 199 g/mol. The summed E-state index contributed by atoms with van der Waals surface area (Å²) in [6.07, 6.45) is 4.88. The zero-order valence-electron chi connectivity index (χ0n) is 8.98. The number of hydrogen-bond donors (Lipinski definition) is 1. The van der Waals surface area contributed by atoms with Gasteiger partial charge < -0.3 is 14.7 Å². The van der Waals surface area contributed by atoms with Crippen LogP contribution in [-0.4, -0.2) is 49.0 Å². The Morgan fingerprint density at radius 1 is 1.36 bits per heavy atom. The highest BCUT2D eigenvalue weighted by Gasteiger charge is 2.28. The van der Waals surface area contributed by atoms with Crippen molar-refractivity contribution in [1.82, 2.24) is 4.90 Å². The number of aliphatic hydroxyl groups is 1. The smallest absolute Gasteiger partial charge is 0.0702 e. The highest BCUT2D eigenvalue weighted by molar-refractivity contribution is 4.81. The SMILES string of the molecule is CN(CC1CC(O)C1)CC1CCCO1. The quantitative estimate of drug-likeness (QED) is 0.729. The molecular weight excluding hydrogens is 178 g/mol. The van der Waals surface area contributed by atoms with Crippen LogP contribution < -0.4 is 0 Å². The van der Waals surface area contributed by atoms with Gasteiger partial charge in [0.2, 0.25) is 0 Å². The normalized spacial score (nSPS) is 37.5. The van der Waals surface area contributed by atoms with Crippen LogP contribution in [-0.2, 0) is 4.74 Å². The maximum absolute atomic E-state index is 9.17. The van der Waals surface area contributed by atoms with Crippen molar-refractivity contribution in [2.45, 2.75) is 37.9 Å². The molecule has 82 valence electrons. The molecule has 1 aliphatic heterocycles. The molecule has 2 aliphatic rings. The second kappa shape index (κ2) is 4.60. The lowest BCUT2D eigenvalue weighted by atomic mass is 9.82. The van der Waals surface area contributed by atoms with Crippen molar-refractivity contribution in [2.75, 3.05) is 26.7 Å². The van der Waals surface area contributed by atoms with E-state index in [9.17, 15) is 5.11 Å². The number of aliphatic hydroxyl groups excluding tert-OH is 1. The summed E-state index contributed by atoms with van der Waals surface area (Å²) in [5.41, 5.74) is 0. The summed E-state index contributed by atoms with van der Waals surface area (Å²) >= 11 is 0. The van der Waals surface area contributed by atoms with E-state index in [1.807, 2.05) is 0 Å². The molecule has 14 heavy (non-hydrogen) atoms. The van der Waals surface area contributed by atoms with E-state index in [0.717, 1.165) is 38.5 Å². The zero-order valence-corrected chi connectivity index (χ0v) is 8.98. The van der Waals surface area contributed by atoms with Crippen LogP contribution >= 0.6 is 0 Å². The Bertz CT molecular complexity index is 174. The number of nitrogens with zero attached hydrogens (tertiary/aromatic N) is 1. The molecule has 2 rings (SSSR count). The number of likely N-dealkylation sites (N-methyl/N-ethyl adjacent to an activating group) is 1. The summed E-state index contributed by atoms with van der Waals surface area (Å²) in [6, 6.07) is 0. The van der Waals surface area contributed by atoms with Crippen molar-refractivity contribution < 1.29 is 9.84 Å². The Morgan fingerprint density at radius 3 is 2.71 bits per heavy atom. The molecule has 0 amide bonds. The Kier molecular flexibility index (Phi) is 3.42. The third kappa shape index (κ3) is 2.69. The van der Waals surface area contributed by atoms with Gasteiger partial charge in [-0.1, -0.05) is 0 Å². The molecule has 0 aromatic rings. The van der Waals surface area contributed by atoms with Crippen LogP contribution in [0.5, 0.6) is 0 Å². The molecule has 1 aliphatic carbocycles. The van der Waals surface area contributed by atoms with Gasteiger partial charge in [-0.2, -0.15) is 0 Å². The summed E-state index contributed by atoms with van der Waals surface area (Å²) in [5, 5.41) is 9.17. The summed E-state index contributed by atoms with van der Waals surface area (Å²) < 4.78 is 5.59. The molecule has 0 bridgehead atoms. The number of hydrogen-bond acceptors (Lipinski definition) is 3. The molecule has 1 saturated heterocycles. The van der Waals surface area contributed by atoms with E-state index in [1.165, 1.54) is 12.8 Å². The van der Waals surface area contributed by atoms with E-state index in [-0.39, 0.29) is 6.10 Å². The molecule has 1 unspecified atom stereocenters. The molecular formula is C11H21NO2. The van der Waals surface area contributed by atoms with Crippen molar-refractivity contribution in [1.29, 1.82) is 0 Å². The van der Waals surface area contributed by atoms with Crippen molar-refractivity contribution in [3.05, 3.63) is 0 Å². The minimum atomic E-state index is -0.0175. The van der Waals surface area contributed by atoms with Gasteiger partial charge in [0.25, 0.3) is 0 Å². The molecule has 3 heteroatoms. The first-order valence-corrected chi connectivity index (χ1v) is 5.72. The maximum Gasteiger partial charge on any atom is 0.0702 e. The van der Waals surface area contributed by atoms with E-state index in [1.54, 1.807) is 0 Å². The first-order valence-electron chi connectivity index (χ1n) is 5.72. The summed E-state index contributed by atoms with van der Waals surface area (Å²) in [5.74, 6) is 0.719. The molecule has 0 aromatic carbocycles. The van der Waals surface area contributed by atoms with E-state index in [0.29, 0.717) is 6.10 Å². The van der Waals surface area contributed by atoms with Gasteiger partial charge in [0.1, 0.15) is 0 Å². The Balaban J connectivity index is 1.60. The fourth-order valence-electron chi connectivity index (χ4n) is 2.50. The van der Waals surface area contributed by atoms with Crippen molar-refractivity contribution in [3.8, 4) is 0 Å². The first kappa shape index (κ1) is 10.4. The van der Waals surface area contributed by atoms with E-state index in [4.69, 9.17) is 4.74 Å². The van der Waals surface area contributed by atoms with Gasteiger partial charge in [-0.05, 0) is 38.6 Å². The highest BCUT2D eigenvalue weighted by Crippen LogP contribution is 2.27. The molecule has 0 radical (unpaired) electrons. The molecule has 1 N–H and O–H groups in total. The van der Waals surface area contributed by atoms with Crippen molar-refractivity contribution >= 4 is 0 Å². The maximum atomic E-state index is 9.17. The Morgan fingerprint density at radius 2 is 2.14 bits per heavy atom. The fraction of sp³-hybridized carbons (Fsp3) is 1.00. The van der Waals surface area contributed by atoms with E-state index < -0.39 is 0 Å². The lowest BCUT2D eigenvalue weighted by Gasteiger charge is -2.35. The van der Waals surface area contributed by atoms with Crippen LogP contribution in [0.2, 0.25) is 0 Å². The van der Waals surface area contributed by atoms with Crippen LogP contribution in [0.15, 0.2) is 0 Å². The predicted molar refractivity (Wildman–Crippen MR) is 55.2 cm³/mol. The van der Waals surface area contributed by atoms with Gasteiger partial charge >= 0.3 is 0 Å². The van der Waals surface area contributed by atoms with Gasteiger partial charge in [0, 0.05) is 19.7 Å². The minimum absolute atomic E-state index is 0.0175. The third-order valence-corrected chi connectivity index (χ3v) is 3.32. The van der Waals surface area contributed by atoms with Crippen LogP contribution in [0.3, 0.4) is 0 Å². The average Bonchev–Trinajstić information content (AvgIpc) is 2.54. The zero-order chi connectivity index (χ0) is 9.97. The van der Waals surface area contributed by atoms with E-state index >= 15 is 0 Å². The molecule has 1 atom stereocenters. The second-order valence-corrected chi connectivity index (χ2v) is 4.85. The van der Waals surface area contributed by atoms with Crippen LogP contribution in [0.1, 0.15) is 25.7 Å². The number of ether oxygens (including phenoxy) is 1. The van der Waals surface area contributed by atoms with Gasteiger partial charge in [0.15, 0.2) is 0 Å². The molecule has 2 fully saturated rings. The van der Waals surface area contributed by atoms with Crippen molar-refractivity contribution in [2.24, 2.45) is 5.92 Å². The monoisotopic (exact) mass is 199 g/mol. The molecule has 0 spiro atoms. The van der Waals surface area contributed by atoms with Gasteiger partial charge in [0.05, 0.1) is 12.2 Å². The summed E-state index contributed by atoms with van der Waals surface area (Å²) in [6.45, 7) is 3.13. The second-order valence-electron chi connectivity index (χ2n) is 4.85. The Labute approximate surface area is 86.0 Å². The topological polar surface area (TPSA) is 32.7 Å². The summed E-state index contributed by atoms with van der Waals surface area (Å²) in [7, 11) is 2.16. The van der Waals surface area contributed by atoms with Crippen LogP contribution in [0, 0.1) is 5.92 Å². The van der Waals surface area contributed by atoms with Crippen LogP contribution in [0.25, 0.3) is 0 Å². The van der Waals surface area contributed by atoms with Crippen LogP contribution in [0.4, 0.5) is 0 Å². The largest absolute Gasteiger partial charge is 0.393 e. The summed E-state index contributed by atoms with van der Waals surface area (Å²) in [4.78, 5) is 2.35. The molecule has 1 saturated carbocycles. The highest BCUT2D eigenvalue weighted by atomic mass is 16.5. The molecule has 1 heterocycles.